The fourth-order valence-electron chi connectivity index (χ4n) is 4.15. The van der Waals surface area contributed by atoms with E-state index in [0.29, 0.717) is 5.70 Å². The van der Waals surface area contributed by atoms with E-state index in [4.69, 9.17) is 4.74 Å². The highest BCUT2D eigenvalue weighted by molar-refractivity contribution is 6.11. The molecule has 0 aromatic heterocycles. The third kappa shape index (κ3) is 5.33. The fraction of sp³-hybridized carbons (Fsp3) is 0.300. The minimum Gasteiger partial charge on any atom is -0.494 e. The molecule has 1 unspecified atom stereocenters. The van der Waals surface area contributed by atoms with E-state index < -0.39 is 0 Å². The van der Waals surface area contributed by atoms with E-state index in [1.54, 1.807) is 0 Å². The zero-order valence-corrected chi connectivity index (χ0v) is 20.4. The summed E-state index contributed by atoms with van der Waals surface area (Å²) in [5.41, 5.74) is 5.98. The van der Waals surface area contributed by atoms with E-state index in [2.05, 4.69) is 62.5 Å². The largest absolute Gasteiger partial charge is 0.494 e. The molecule has 1 N–H and O–H groups in total. The molecule has 1 heterocycles. The van der Waals surface area contributed by atoms with Crippen LogP contribution < -0.4 is 15.0 Å². The Morgan fingerprint density at radius 2 is 1.44 bits per heavy atom. The molecule has 0 aliphatic carbocycles. The van der Waals surface area contributed by atoms with Crippen molar-refractivity contribution in [3.05, 3.63) is 101 Å². The Morgan fingerprint density at radius 3 is 2.03 bits per heavy atom. The van der Waals surface area contributed by atoms with Gasteiger partial charge in [0.05, 0.1) is 12.6 Å². The molecule has 0 bridgehead atoms. The number of aryl methyl sites for hydroxylation is 2. The van der Waals surface area contributed by atoms with Crippen LogP contribution >= 0.6 is 0 Å². The first kappa shape index (κ1) is 23.6. The first-order chi connectivity index (χ1) is 16.6. The molecule has 1 aliphatic rings. The van der Waals surface area contributed by atoms with Crippen LogP contribution in [-0.4, -0.2) is 12.5 Å². The Labute approximate surface area is 203 Å². The van der Waals surface area contributed by atoms with Gasteiger partial charge in [-0.15, -0.1) is 0 Å². The SMILES string of the molecule is CCCCOc1ccc(C2C=C(Nc3ccc(CC)cc3)C(=O)N2c2ccc(CC)cc2)cc1. The summed E-state index contributed by atoms with van der Waals surface area (Å²) in [6, 6.07) is 24.4. The number of hydrogen-bond donors (Lipinski definition) is 1. The molecule has 4 nitrogen and oxygen atoms in total. The van der Waals surface area contributed by atoms with Gasteiger partial charge in [0.15, 0.2) is 0 Å². The monoisotopic (exact) mass is 454 g/mol. The van der Waals surface area contributed by atoms with Crippen LogP contribution in [0.2, 0.25) is 0 Å². The fourth-order valence-corrected chi connectivity index (χ4v) is 4.15. The maximum absolute atomic E-state index is 13.6. The highest BCUT2D eigenvalue weighted by atomic mass is 16.5. The standard InChI is InChI=1S/C30H34N2O2/c1-4-7-20-34-27-18-12-24(13-19-27)29-21-28(31-25-14-8-22(5-2)9-15-25)30(33)32(29)26-16-10-23(6-3)11-17-26/h8-19,21,29,31H,4-7,20H2,1-3H3. The van der Waals surface area contributed by atoms with Crippen LogP contribution in [0.1, 0.15) is 56.3 Å². The van der Waals surface area contributed by atoms with Crippen molar-refractivity contribution in [3.63, 3.8) is 0 Å². The van der Waals surface area contributed by atoms with Crippen molar-refractivity contribution in [2.75, 3.05) is 16.8 Å². The number of hydrogen-bond acceptors (Lipinski definition) is 3. The number of nitrogens with zero attached hydrogens (tertiary/aromatic N) is 1. The van der Waals surface area contributed by atoms with Gasteiger partial charge in [0.1, 0.15) is 11.4 Å². The van der Waals surface area contributed by atoms with Crippen molar-refractivity contribution >= 4 is 17.3 Å². The van der Waals surface area contributed by atoms with Crippen LogP contribution in [0.3, 0.4) is 0 Å². The van der Waals surface area contributed by atoms with Gasteiger partial charge < -0.3 is 10.1 Å². The van der Waals surface area contributed by atoms with E-state index in [1.807, 2.05) is 47.4 Å². The van der Waals surface area contributed by atoms with E-state index in [-0.39, 0.29) is 11.9 Å². The minimum absolute atomic E-state index is 0.0305. The average molecular weight is 455 g/mol. The third-order valence-corrected chi connectivity index (χ3v) is 6.30. The van der Waals surface area contributed by atoms with E-state index in [9.17, 15) is 4.79 Å². The van der Waals surface area contributed by atoms with Crippen molar-refractivity contribution < 1.29 is 9.53 Å². The Hall–Kier alpha value is -3.53. The topological polar surface area (TPSA) is 41.6 Å². The maximum atomic E-state index is 13.6. The van der Waals surface area contributed by atoms with Gasteiger partial charge in [-0.3, -0.25) is 9.69 Å². The van der Waals surface area contributed by atoms with Gasteiger partial charge in [0, 0.05) is 11.4 Å². The number of carbonyl (C=O) groups is 1. The molecule has 3 aromatic rings. The van der Waals surface area contributed by atoms with Gasteiger partial charge >= 0.3 is 0 Å². The summed E-state index contributed by atoms with van der Waals surface area (Å²) < 4.78 is 5.83. The molecule has 1 amide bonds. The van der Waals surface area contributed by atoms with Gasteiger partial charge in [0.25, 0.3) is 5.91 Å². The molecule has 4 heteroatoms. The smallest absolute Gasteiger partial charge is 0.275 e. The molecule has 4 rings (SSSR count). The van der Waals surface area contributed by atoms with Crippen molar-refractivity contribution in [1.82, 2.24) is 0 Å². The molecule has 0 saturated heterocycles. The highest BCUT2D eigenvalue weighted by Gasteiger charge is 2.34. The lowest BCUT2D eigenvalue weighted by Gasteiger charge is -2.25. The first-order valence-electron chi connectivity index (χ1n) is 12.4. The van der Waals surface area contributed by atoms with E-state index in [1.165, 1.54) is 11.1 Å². The van der Waals surface area contributed by atoms with Crippen LogP contribution in [0, 0.1) is 0 Å². The van der Waals surface area contributed by atoms with Crippen LogP contribution in [0.5, 0.6) is 5.75 Å². The molecular weight excluding hydrogens is 420 g/mol. The molecule has 0 radical (unpaired) electrons. The van der Waals surface area contributed by atoms with E-state index >= 15 is 0 Å². The predicted molar refractivity (Wildman–Crippen MR) is 140 cm³/mol. The average Bonchev–Trinajstić information content (AvgIpc) is 3.20. The van der Waals surface area contributed by atoms with Gasteiger partial charge in [-0.1, -0.05) is 63.6 Å². The van der Waals surface area contributed by atoms with Crippen LogP contribution in [0.25, 0.3) is 0 Å². The van der Waals surface area contributed by atoms with E-state index in [0.717, 1.165) is 55.0 Å². The number of anilines is 2. The number of carbonyl (C=O) groups excluding carboxylic acids is 1. The zero-order chi connectivity index (χ0) is 23.9. The second-order valence-electron chi connectivity index (χ2n) is 8.67. The molecule has 0 spiro atoms. The molecule has 0 fully saturated rings. The van der Waals surface area contributed by atoms with Gasteiger partial charge in [-0.2, -0.15) is 0 Å². The summed E-state index contributed by atoms with van der Waals surface area (Å²) in [5, 5.41) is 3.35. The third-order valence-electron chi connectivity index (χ3n) is 6.30. The molecule has 0 saturated carbocycles. The van der Waals surface area contributed by atoms with Gasteiger partial charge in [-0.05, 0) is 78.4 Å². The lowest BCUT2D eigenvalue weighted by Crippen LogP contribution is -2.30. The summed E-state index contributed by atoms with van der Waals surface area (Å²) in [6.45, 7) is 7.15. The lowest BCUT2D eigenvalue weighted by molar-refractivity contribution is -0.114. The number of nitrogens with one attached hydrogen (secondary N) is 1. The summed E-state index contributed by atoms with van der Waals surface area (Å²) >= 11 is 0. The summed E-state index contributed by atoms with van der Waals surface area (Å²) in [6.07, 6.45) is 6.13. The number of ether oxygens (including phenoxy) is 1. The van der Waals surface area contributed by atoms with Crippen LogP contribution in [0.4, 0.5) is 11.4 Å². The molecule has 1 aliphatic heterocycles. The number of benzene rings is 3. The van der Waals surface area contributed by atoms with Crippen molar-refractivity contribution in [1.29, 1.82) is 0 Å². The Kier molecular flexibility index (Phi) is 7.69. The van der Waals surface area contributed by atoms with Crippen molar-refractivity contribution in [3.8, 4) is 5.75 Å². The number of rotatable bonds is 10. The quantitative estimate of drug-likeness (QED) is 0.333. The highest BCUT2D eigenvalue weighted by Crippen LogP contribution is 2.37. The Bertz CT molecular complexity index is 1120. The number of amides is 1. The summed E-state index contributed by atoms with van der Waals surface area (Å²) in [7, 11) is 0. The molecule has 176 valence electrons. The van der Waals surface area contributed by atoms with Crippen LogP contribution in [-0.2, 0) is 17.6 Å². The normalized spacial score (nSPS) is 15.4. The first-order valence-corrected chi connectivity index (χ1v) is 12.4. The molecule has 34 heavy (non-hydrogen) atoms. The Morgan fingerprint density at radius 1 is 0.824 bits per heavy atom. The molecule has 3 aromatic carbocycles. The molecule has 1 atom stereocenters. The lowest BCUT2D eigenvalue weighted by atomic mass is 10.1. The van der Waals surface area contributed by atoms with Gasteiger partial charge in [-0.25, -0.2) is 0 Å². The van der Waals surface area contributed by atoms with Crippen molar-refractivity contribution in [2.45, 2.75) is 52.5 Å². The minimum atomic E-state index is -0.193. The second kappa shape index (κ2) is 11.1. The molecular formula is C30H34N2O2. The van der Waals surface area contributed by atoms with Crippen LogP contribution in [0.15, 0.2) is 84.6 Å². The van der Waals surface area contributed by atoms with Crippen molar-refractivity contribution in [2.24, 2.45) is 0 Å². The maximum Gasteiger partial charge on any atom is 0.275 e. The second-order valence-corrected chi connectivity index (χ2v) is 8.67. The predicted octanol–water partition coefficient (Wildman–Crippen LogP) is 7.07. The number of unbranched alkanes of at least 4 members (excludes halogenated alkanes) is 1. The Balaban J connectivity index is 1.62. The summed E-state index contributed by atoms with van der Waals surface area (Å²) in [5.74, 6) is 0.829. The zero-order valence-electron chi connectivity index (χ0n) is 20.4. The summed E-state index contributed by atoms with van der Waals surface area (Å²) in [4.78, 5) is 15.5. The van der Waals surface area contributed by atoms with Gasteiger partial charge in [0.2, 0.25) is 0 Å².